The lowest BCUT2D eigenvalue weighted by molar-refractivity contribution is 0.604. The highest BCUT2D eigenvalue weighted by atomic mass is 32.1. The van der Waals surface area contributed by atoms with Gasteiger partial charge in [0.2, 0.25) is 10.5 Å². The zero-order chi connectivity index (χ0) is 5.70. The molecule has 0 fully saturated rings. The first-order valence-electron chi connectivity index (χ1n) is 2.38. The van der Waals surface area contributed by atoms with Crippen LogP contribution in [0, 0.1) is 0 Å². The minimum absolute atomic E-state index is 0.746. The van der Waals surface area contributed by atoms with Gasteiger partial charge in [-0.05, 0) is 18.6 Å². The van der Waals surface area contributed by atoms with E-state index in [0.717, 1.165) is 28.4 Å². The summed E-state index contributed by atoms with van der Waals surface area (Å²) >= 11 is 4.77. The van der Waals surface area contributed by atoms with Crippen LogP contribution in [0.3, 0.4) is 0 Å². The highest BCUT2D eigenvalue weighted by Gasteiger charge is 1.86. The fraction of sp³-hybridized carbons (Fsp3) is 0.750. The maximum atomic E-state index is 4.86. The van der Waals surface area contributed by atoms with Crippen LogP contribution < -0.4 is 0 Å². The third-order valence-electron chi connectivity index (χ3n) is 0.682. The van der Waals surface area contributed by atoms with Crippen LogP contribution in [0.4, 0.5) is 0 Å². The molecule has 0 atom stereocenters. The maximum Gasteiger partial charge on any atom is 0.204 e. The zero-order valence-corrected chi connectivity index (χ0v) is 7.55. The molecule has 0 spiro atoms. The molecule has 0 heterocycles. The summed E-state index contributed by atoms with van der Waals surface area (Å²) in [7, 11) is 0.746. The summed E-state index contributed by atoms with van der Waals surface area (Å²) in [4.78, 5) is 0. The second kappa shape index (κ2) is 4.27. The van der Waals surface area contributed by atoms with Crippen LogP contribution in [0.5, 0.6) is 0 Å². The highest BCUT2D eigenvalue weighted by Crippen LogP contribution is 1.90. The Bertz CT molecular complexity index is 64.7. The Balaban J connectivity index is 3.00. The molecule has 0 aromatic rings. The van der Waals surface area contributed by atoms with E-state index in [1.54, 1.807) is 0 Å². The standard InChI is InChI=1S/C4H10OSSi/c1-2-3-4(6)5-7/h2-3H2,1,7H3. The van der Waals surface area contributed by atoms with Crippen molar-refractivity contribution < 1.29 is 4.43 Å². The smallest absolute Gasteiger partial charge is 0.204 e. The van der Waals surface area contributed by atoms with Crippen LogP contribution in [-0.4, -0.2) is 15.5 Å². The molecule has 0 rings (SSSR count). The molecule has 0 aliphatic heterocycles. The fourth-order valence-electron chi connectivity index (χ4n) is 0.306. The lowest BCUT2D eigenvalue weighted by Gasteiger charge is -1.96. The van der Waals surface area contributed by atoms with E-state index in [9.17, 15) is 0 Å². The molecule has 0 aromatic carbocycles. The Morgan fingerprint density at radius 1 is 1.86 bits per heavy atom. The molecule has 7 heavy (non-hydrogen) atoms. The van der Waals surface area contributed by atoms with Crippen LogP contribution in [0.1, 0.15) is 19.8 Å². The van der Waals surface area contributed by atoms with Crippen molar-refractivity contribution in [2.24, 2.45) is 0 Å². The molecule has 0 saturated heterocycles. The number of hydrogen-bond donors (Lipinski definition) is 0. The quantitative estimate of drug-likeness (QED) is 0.400. The molecule has 0 saturated carbocycles. The van der Waals surface area contributed by atoms with E-state index >= 15 is 0 Å². The Hall–Kier alpha value is 0.107. The zero-order valence-electron chi connectivity index (χ0n) is 4.73. The maximum absolute atomic E-state index is 4.86. The summed E-state index contributed by atoms with van der Waals surface area (Å²) in [5, 5.41) is 0.772. The third kappa shape index (κ3) is 3.95. The first-order chi connectivity index (χ1) is 3.31. The Morgan fingerprint density at radius 2 is 2.43 bits per heavy atom. The summed E-state index contributed by atoms with van der Waals surface area (Å²) in [5.74, 6) is 0. The minimum atomic E-state index is 0.746. The van der Waals surface area contributed by atoms with E-state index in [1.807, 2.05) is 0 Å². The largest absolute Gasteiger partial charge is 0.549 e. The van der Waals surface area contributed by atoms with E-state index in [0.29, 0.717) is 0 Å². The number of rotatable bonds is 2. The second-order valence-electron chi connectivity index (χ2n) is 1.33. The van der Waals surface area contributed by atoms with E-state index in [4.69, 9.17) is 16.6 Å². The molecule has 0 amide bonds. The van der Waals surface area contributed by atoms with Gasteiger partial charge < -0.3 is 4.43 Å². The summed E-state index contributed by atoms with van der Waals surface area (Å²) in [5.41, 5.74) is 0. The van der Waals surface area contributed by atoms with E-state index < -0.39 is 0 Å². The summed E-state index contributed by atoms with van der Waals surface area (Å²) < 4.78 is 4.86. The first kappa shape index (κ1) is 7.11. The molecule has 0 N–H and O–H groups in total. The van der Waals surface area contributed by atoms with E-state index in [2.05, 4.69) is 6.92 Å². The van der Waals surface area contributed by atoms with Crippen molar-refractivity contribution in [1.82, 2.24) is 0 Å². The normalized spacial score (nSPS) is 8.71. The Morgan fingerprint density at radius 3 is 2.57 bits per heavy atom. The van der Waals surface area contributed by atoms with Crippen molar-refractivity contribution in [3.63, 3.8) is 0 Å². The van der Waals surface area contributed by atoms with Gasteiger partial charge in [0.25, 0.3) is 0 Å². The van der Waals surface area contributed by atoms with Gasteiger partial charge in [-0.1, -0.05) is 6.92 Å². The van der Waals surface area contributed by atoms with Crippen LogP contribution in [-0.2, 0) is 4.43 Å². The molecule has 0 unspecified atom stereocenters. The molecule has 3 heteroatoms. The predicted octanol–water partition coefficient (Wildman–Crippen LogP) is 0.411. The molecule has 0 aliphatic carbocycles. The van der Waals surface area contributed by atoms with Crippen molar-refractivity contribution >= 4 is 27.8 Å². The van der Waals surface area contributed by atoms with E-state index in [1.165, 1.54) is 0 Å². The van der Waals surface area contributed by atoms with E-state index in [-0.39, 0.29) is 0 Å². The lowest BCUT2D eigenvalue weighted by atomic mass is 10.4. The van der Waals surface area contributed by atoms with Gasteiger partial charge in [0.15, 0.2) is 0 Å². The average molecular weight is 134 g/mol. The second-order valence-corrected chi connectivity index (χ2v) is 2.19. The van der Waals surface area contributed by atoms with Crippen molar-refractivity contribution in [2.75, 3.05) is 0 Å². The van der Waals surface area contributed by atoms with Gasteiger partial charge in [-0.25, -0.2) is 0 Å². The van der Waals surface area contributed by atoms with Crippen molar-refractivity contribution in [2.45, 2.75) is 19.8 Å². The summed E-state index contributed by atoms with van der Waals surface area (Å²) in [6.07, 6.45) is 2.04. The average Bonchev–Trinajstić information content (AvgIpc) is 1.68. The van der Waals surface area contributed by atoms with Gasteiger partial charge in [0.05, 0.1) is 0 Å². The molecular formula is C4H10OSSi. The Kier molecular flexibility index (Phi) is 4.34. The van der Waals surface area contributed by atoms with Gasteiger partial charge >= 0.3 is 0 Å². The lowest BCUT2D eigenvalue weighted by Crippen LogP contribution is -1.95. The Labute approximate surface area is 52.6 Å². The fourth-order valence-corrected chi connectivity index (χ4v) is 0.714. The summed E-state index contributed by atoms with van der Waals surface area (Å²) in [6, 6.07) is 0. The molecule has 0 radical (unpaired) electrons. The third-order valence-corrected chi connectivity index (χ3v) is 1.84. The van der Waals surface area contributed by atoms with Gasteiger partial charge in [0, 0.05) is 6.42 Å². The van der Waals surface area contributed by atoms with Crippen LogP contribution >= 0.6 is 12.2 Å². The topological polar surface area (TPSA) is 9.23 Å². The predicted molar refractivity (Wildman–Crippen MR) is 38.5 cm³/mol. The number of hydrogen-bond acceptors (Lipinski definition) is 2. The van der Waals surface area contributed by atoms with Crippen LogP contribution in [0.15, 0.2) is 0 Å². The minimum Gasteiger partial charge on any atom is -0.549 e. The molecular weight excluding hydrogens is 124 g/mol. The SMILES string of the molecule is CCCC(=S)O[SiH3]. The van der Waals surface area contributed by atoms with Crippen LogP contribution in [0.2, 0.25) is 0 Å². The van der Waals surface area contributed by atoms with Gasteiger partial charge in [-0.3, -0.25) is 0 Å². The first-order valence-corrected chi connectivity index (χ1v) is 3.60. The highest BCUT2D eigenvalue weighted by molar-refractivity contribution is 7.80. The summed E-state index contributed by atoms with van der Waals surface area (Å²) in [6.45, 7) is 2.09. The van der Waals surface area contributed by atoms with Gasteiger partial charge in [0.1, 0.15) is 5.05 Å². The molecule has 0 aromatic heterocycles. The number of thiocarbonyl (C=S) groups is 1. The van der Waals surface area contributed by atoms with Crippen LogP contribution in [0.25, 0.3) is 0 Å². The van der Waals surface area contributed by atoms with Gasteiger partial charge in [-0.15, -0.1) is 0 Å². The molecule has 42 valence electrons. The van der Waals surface area contributed by atoms with Crippen molar-refractivity contribution in [1.29, 1.82) is 0 Å². The van der Waals surface area contributed by atoms with Gasteiger partial charge in [-0.2, -0.15) is 0 Å². The van der Waals surface area contributed by atoms with Crippen molar-refractivity contribution in [3.05, 3.63) is 0 Å². The molecule has 0 bridgehead atoms. The van der Waals surface area contributed by atoms with Crippen molar-refractivity contribution in [3.8, 4) is 0 Å². The molecule has 0 aliphatic rings. The molecule has 1 nitrogen and oxygen atoms in total. The monoisotopic (exact) mass is 134 g/mol.